The van der Waals surface area contributed by atoms with Crippen LogP contribution in [0.25, 0.3) is 12.2 Å². The summed E-state index contributed by atoms with van der Waals surface area (Å²) in [4.78, 5) is 11.9. The van der Waals surface area contributed by atoms with Gasteiger partial charge in [0, 0.05) is 0 Å². The van der Waals surface area contributed by atoms with E-state index in [0.717, 1.165) is 0 Å². The first-order valence-corrected chi connectivity index (χ1v) is 9.22. The summed E-state index contributed by atoms with van der Waals surface area (Å²) in [7, 11) is 0. The molecule has 0 N–H and O–H groups in total. The van der Waals surface area contributed by atoms with Crippen molar-refractivity contribution < 1.29 is 31.8 Å². The molecular formula is C19H12Br2F4O3. The minimum Gasteiger partial charge on any atom is -0.434 e. The number of hydrogen-bond donors (Lipinski definition) is 0. The van der Waals surface area contributed by atoms with Crippen molar-refractivity contribution >= 4 is 49.8 Å². The lowest BCUT2D eigenvalue weighted by Gasteiger charge is -2.07. The summed E-state index contributed by atoms with van der Waals surface area (Å²) < 4.78 is 58.2. The first-order chi connectivity index (χ1) is 13.2. The Bertz CT molecular complexity index is 827. The summed E-state index contributed by atoms with van der Waals surface area (Å²) in [5.41, 5.74) is 1.21. The van der Waals surface area contributed by atoms with E-state index in [0.29, 0.717) is 20.1 Å². The van der Waals surface area contributed by atoms with Crippen LogP contribution in [0.4, 0.5) is 17.6 Å². The van der Waals surface area contributed by atoms with Gasteiger partial charge in [0.1, 0.15) is 11.5 Å². The molecule has 0 aliphatic heterocycles. The highest BCUT2D eigenvalue weighted by molar-refractivity contribution is 9.10. The topological polar surface area (TPSA) is 35.5 Å². The molecule has 0 heterocycles. The Morgan fingerprint density at radius 3 is 1.50 bits per heavy atom. The zero-order valence-electron chi connectivity index (χ0n) is 13.9. The molecule has 0 atom stereocenters. The first-order valence-electron chi connectivity index (χ1n) is 7.63. The fraction of sp³-hybridized carbons (Fsp3) is 0.105. The third kappa shape index (κ3) is 7.12. The number of allylic oxidation sites excluding steroid dienone is 2. The molecule has 0 spiro atoms. The molecule has 9 heteroatoms. The van der Waals surface area contributed by atoms with Crippen LogP contribution >= 0.6 is 31.9 Å². The monoisotopic (exact) mass is 522 g/mol. The zero-order valence-corrected chi connectivity index (χ0v) is 17.1. The number of rotatable bonds is 8. The zero-order chi connectivity index (χ0) is 20.7. The Labute approximate surface area is 174 Å². The van der Waals surface area contributed by atoms with Gasteiger partial charge in [-0.05, 0) is 79.4 Å². The summed E-state index contributed by atoms with van der Waals surface area (Å²) >= 11 is 6.24. The fourth-order valence-corrected chi connectivity index (χ4v) is 3.02. The van der Waals surface area contributed by atoms with Gasteiger partial charge in [0.25, 0.3) is 0 Å². The van der Waals surface area contributed by atoms with Crippen LogP contribution < -0.4 is 9.47 Å². The summed E-state index contributed by atoms with van der Waals surface area (Å²) in [5.74, 6) is -0.348. The molecule has 3 nitrogen and oxygen atoms in total. The highest BCUT2D eigenvalue weighted by atomic mass is 79.9. The van der Waals surface area contributed by atoms with E-state index in [1.54, 1.807) is 0 Å². The van der Waals surface area contributed by atoms with Crippen molar-refractivity contribution in [1.82, 2.24) is 0 Å². The lowest BCUT2D eigenvalue weighted by atomic mass is 10.1. The highest BCUT2D eigenvalue weighted by Gasteiger charge is 2.09. The molecule has 0 radical (unpaired) electrons. The van der Waals surface area contributed by atoms with Crippen molar-refractivity contribution in [2.24, 2.45) is 0 Å². The van der Waals surface area contributed by atoms with Crippen LogP contribution in [0.1, 0.15) is 11.1 Å². The lowest BCUT2D eigenvalue weighted by molar-refractivity contribution is -0.110. The molecule has 0 fully saturated rings. The number of carbonyl (C=O) groups is 1. The average molecular weight is 524 g/mol. The van der Waals surface area contributed by atoms with Crippen LogP contribution in [0, 0.1) is 0 Å². The van der Waals surface area contributed by atoms with Gasteiger partial charge in [0.15, 0.2) is 5.78 Å². The molecule has 0 aliphatic carbocycles. The number of alkyl halides is 4. The standard InChI is InChI=1S/C19H12Br2F4O3/c20-14-9-11(3-7-16(14)27-18(22)23)1-5-13(26)6-2-12-4-8-17(15(21)10-12)28-19(24)25/h1-10,18-19H/b5-1+,6-2+. The molecule has 0 saturated carbocycles. The number of ketones is 1. The summed E-state index contributed by atoms with van der Waals surface area (Å²) in [5, 5.41) is 0. The van der Waals surface area contributed by atoms with Gasteiger partial charge in [0.2, 0.25) is 0 Å². The number of hydrogen-bond acceptors (Lipinski definition) is 3. The quantitative estimate of drug-likeness (QED) is 0.285. The van der Waals surface area contributed by atoms with Crippen LogP contribution in [0.3, 0.4) is 0 Å². The Balaban J connectivity index is 2.01. The molecule has 0 saturated heterocycles. The second-order valence-electron chi connectivity index (χ2n) is 5.21. The molecule has 28 heavy (non-hydrogen) atoms. The maximum atomic E-state index is 12.2. The van der Waals surface area contributed by atoms with Crippen molar-refractivity contribution in [3.05, 3.63) is 68.6 Å². The molecule has 0 aliphatic rings. The van der Waals surface area contributed by atoms with Gasteiger partial charge in [-0.25, -0.2) is 0 Å². The number of benzene rings is 2. The van der Waals surface area contributed by atoms with Crippen molar-refractivity contribution in [2.45, 2.75) is 13.2 Å². The largest absolute Gasteiger partial charge is 0.434 e. The smallest absolute Gasteiger partial charge is 0.387 e. The predicted octanol–water partition coefficient (Wildman–Crippen LogP) is 6.71. The first kappa shape index (κ1) is 22.2. The molecule has 148 valence electrons. The SMILES string of the molecule is O=C(/C=C/c1ccc(OC(F)F)c(Br)c1)/C=C/c1ccc(OC(F)F)c(Br)c1. The van der Waals surface area contributed by atoms with Crippen LogP contribution in [0.5, 0.6) is 11.5 Å². The Morgan fingerprint density at radius 1 is 0.786 bits per heavy atom. The predicted molar refractivity (Wildman–Crippen MR) is 105 cm³/mol. The summed E-state index contributed by atoms with van der Waals surface area (Å²) in [6, 6.07) is 8.82. The molecule has 0 unspecified atom stereocenters. The van der Waals surface area contributed by atoms with Gasteiger partial charge in [-0.2, -0.15) is 17.6 Å². The molecule has 0 amide bonds. The third-order valence-electron chi connectivity index (χ3n) is 3.22. The second kappa shape index (κ2) is 10.4. The molecule has 2 rings (SSSR count). The highest BCUT2D eigenvalue weighted by Crippen LogP contribution is 2.29. The molecule has 0 aromatic heterocycles. The number of halogens is 6. The van der Waals surface area contributed by atoms with E-state index >= 15 is 0 Å². The molecule has 2 aromatic carbocycles. The van der Waals surface area contributed by atoms with E-state index < -0.39 is 13.2 Å². The third-order valence-corrected chi connectivity index (χ3v) is 4.46. The van der Waals surface area contributed by atoms with Crippen LogP contribution in [0.2, 0.25) is 0 Å². The van der Waals surface area contributed by atoms with Gasteiger partial charge in [-0.15, -0.1) is 0 Å². The minimum atomic E-state index is -2.93. The summed E-state index contributed by atoms with van der Waals surface area (Å²) in [6.07, 6.45) is 5.63. The maximum absolute atomic E-state index is 12.2. The van der Waals surface area contributed by atoms with E-state index in [2.05, 4.69) is 41.3 Å². The van der Waals surface area contributed by atoms with Crippen LogP contribution in [0.15, 0.2) is 57.5 Å². The van der Waals surface area contributed by atoms with Crippen LogP contribution in [-0.4, -0.2) is 19.0 Å². The van der Waals surface area contributed by atoms with Crippen molar-refractivity contribution in [1.29, 1.82) is 0 Å². The maximum Gasteiger partial charge on any atom is 0.387 e. The van der Waals surface area contributed by atoms with Gasteiger partial charge in [-0.3, -0.25) is 4.79 Å². The second-order valence-corrected chi connectivity index (χ2v) is 6.91. The summed E-state index contributed by atoms with van der Waals surface area (Å²) in [6.45, 7) is -5.86. The van der Waals surface area contributed by atoms with E-state index in [9.17, 15) is 22.4 Å². The van der Waals surface area contributed by atoms with Crippen molar-refractivity contribution in [2.75, 3.05) is 0 Å². The average Bonchev–Trinajstić information content (AvgIpc) is 2.61. The van der Waals surface area contributed by atoms with E-state index in [-0.39, 0.29) is 17.3 Å². The normalized spacial score (nSPS) is 11.7. The van der Waals surface area contributed by atoms with Crippen molar-refractivity contribution in [3.63, 3.8) is 0 Å². The van der Waals surface area contributed by atoms with E-state index in [1.807, 2.05) is 0 Å². The Kier molecular flexibility index (Phi) is 8.25. The van der Waals surface area contributed by atoms with Crippen molar-refractivity contribution in [3.8, 4) is 11.5 Å². The van der Waals surface area contributed by atoms with Crippen LogP contribution in [-0.2, 0) is 4.79 Å². The minimum absolute atomic E-state index is 0.0109. The number of ether oxygens (including phenoxy) is 2. The molecule has 0 bridgehead atoms. The van der Waals surface area contributed by atoms with Gasteiger partial charge >= 0.3 is 13.2 Å². The fourth-order valence-electron chi connectivity index (χ4n) is 2.04. The van der Waals surface area contributed by atoms with E-state index in [1.165, 1.54) is 60.7 Å². The van der Waals surface area contributed by atoms with E-state index in [4.69, 9.17) is 0 Å². The number of carbonyl (C=O) groups excluding carboxylic acids is 1. The molecule has 2 aromatic rings. The Hall–Kier alpha value is -2.13. The van der Waals surface area contributed by atoms with Gasteiger partial charge < -0.3 is 9.47 Å². The van der Waals surface area contributed by atoms with Gasteiger partial charge in [0.05, 0.1) is 8.95 Å². The Morgan fingerprint density at radius 2 is 1.18 bits per heavy atom. The lowest BCUT2D eigenvalue weighted by Crippen LogP contribution is -2.02. The van der Waals surface area contributed by atoms with Gasteiger partial charge in [-0.1, -0.05) is 24.3 Å². The molecular weight excluding hydrogens is 512 g/mol.